The Kier molecular flexibility index (Phi) is 6.93. The summed E-state index contributed by atoms with van der Waals surface area (Å²) in [5.74, 6) is 0. The molecule has 12 aromatic rings. The maximum absolute atomic E-state index is 2.49. The first kappa shape index (κ1) is 31.7. The molecule has 0 bridgehead atoms. The summed E-state index contributed by atoms with van der Waals surface area (Å²) in [7, 11) is 0. The van der Waals surface area contributed by atoms with E-state index in [0.717, 1.165) is 17.1 Å². The zero-order valence-corrected chi connectivity index (χ0v) is 31.0. The van der Waals surface area contributed by atoms with Crippen LogP contribution in [-0.4, -0.2) is 13.7 Å². The fraction of sp³-hybridized carbons (Fsp3) is 0. The molecule has 3 aromatic heterocycles. The Morgan fingerprint density at radius 2 is 0.684 bits per heavy atom. The van der Waals surface area contributed by atoms with Crippen LogP contribution in [0.25, 0.3) is 105 Å². The molecule has 0 unspecified atom stereocenters. The lowest BCUT2D eigenvalue weighted by Gasteiger charge is -2.13. The van der Waals surface area contributed by atoms with Crippen LogP contribution < -0.4 is 0 Å². The van der Waals surface area contributed by atoms with E-state index in [2.05, 4.69) is 226 Å². The Labute approximate surface area is 329 Å². The third kappa shape index (κ3) is 4.79. The highest BCUT2D eigenvalue weighted by Gasteiger charge is 2.21. The van der Waals surface area contributed by atoms with Crippen LogP contribution in [0.15, 0.2) is 212 Å². The molecule has 266 valence electrons. The summed E-state index contributed by atoms with van der Waals surface area (Å²) in [6.45, 7) is 0. The highest BCUT2D eigenvalue weighted by molar-refractivity contribution is 6.26. The zero-order valence-electron chi connectivity index (χ0n) is 31.0. The van der Waals surface area contributed by atoms with Crippen molar-refractivity contribution in [2.24, 2.45) is 0 Å². The van der Waals surface area contributed by atoms with E-state index in [9.17, 15) is 0 Å². The predicted molar refractivity (Wildman–Crippen MR) is 240 cm³/mol. The van der Waals surface area contributed by atoms with Gasteiger partial charge in [-0.25, -0.2) is 0 Å². The number of fused-ring (bicyclic) bond motifs is 10. The summed E-state index contributed by atoms with van der Waals surface area (Å²) in [4.78, 5) is 0. The molecule has 0 atom stereocenters. The van der Waals surface area contributed by atoms with E-state index < -0.39 is 0 Å². The molecule has 0 saturated carbocycles. The molecular weight excluding hydrogens is 691 g/mol. The Bertz CT molecular complexity index is 3510. The van der Waals surface area contributed by atoms with Crippen molar-refractivity contribution < 1.29 is 0 Å². The normalized spacial score (nSPS) is 11.9. The largest absolute Gasteiger partial charge is 0.309 e. The van der Waals surface area contributed by atoms with Crippen LogP contribution in [0.1, 0.15) is 0 Å². The second-order valence-corrected chi connectivity index (χ2v) is 14.9. The van der Waals surface area contributed by atoms with Gasteiger partial charge in [0, 0.05) is 49.4 Å². The van der Waals surface area contributed by atoms with Gasteiger partial charge in [0.15, 0.2) is 0 Å². The lowest BCUT2D eigenvalue weighted by Crippen LogP contribution is -1.96. The quantitative estimate of drug-likeness (QED) is 0.168. The average Bonchev–Trinajstić information content (AvgIpc) is 3.92. The molecule has 0 N–H and O–H groups in total. The summed E-state index contributed by atoms with van der Waals surface area (Å²) in [5.41, 5.74) is 15.4. The number of hydrogen-bond acceptors (Lipinski definition) is 0. The molecule has 3 nitrogen and oxygen atoms in total. The maximum atomic E-state index is 2.49. The third-order valence-electron chi connectivity index (χ3n) is 11.8. The first-order chi connectivity index (χ1) is 28.3. The Morgan fingerprint density at radius 3 is 1.40 bits per heavy atom. The van der Waals surface area contributed by atoms with Gasteiger partial charge in [0.2, 0.25) is 0 Å². The molecule has 0 saturated heterocycles. The van der Waals surface area contributed by atoms with Crippen LogP contribution in [0.5, 0.6) is 0 Å². The van der Waals surface area contributed by atoms with Gasteiger partial charge in [-0.1, -0.05) is 146 Å². The minimum Gasteiger partial charge on any atom is -0.309 e. The van der Waals surface area contributed by atoms with Gasteiger partial charge in [-0.2, -0.15) is 0 Å². The van der Waals surface area contributed by atoms with Gasteiger partial charge in [-0.3, -0.25) is 0 Å². The van der Waals surface area contributed by atoms with E-state index >= 15 is 0 Å². The zero-order chi connectivity index (χ0) is 37.5. The van der Waals surface area contributed by atoms with Gasteiger partial charge in [0.05, 0.1) is 33.1 Å². The van der Waals surface area contributed by atoms with Gasteiger partial charge in [-0.15, -0.1) is 0 Å². The second kappa shape index (κ2) is 12.5. The van der Waals surface area contributed by atoms with Crippen molar-refractivity contribution in [3.8, 4) is 39.3 Å². The monoisotopic (exact) mass is 725 g/mol. The maximum Gasteiger partial charge on any atom is 0.0641 e. The standard InChI is InChI=1S/C54H35N3/c1-3-15-36(16-4-1)37-17-13-21-41(33-37)56-50-28-12-9-25-47(50)53-51(56)32-31-46-44-24-8-11-27-49(44)57(54(46)53)42-22-14-18-38(34-42)39-29-30-45-43-23-7-10-26-48(43)55(52(45)35-39)40-19-5-2-6-20-40/h1-35H. The van der Waals surface area contributed by atoms with E-state index in [0.29, 0.717) is 0 Å². The molecule has 0 radical (unpaired) electrons. The molecule has 57 heavy (non-hydrogen) atoms. The van der Waals surface area contributed by atoms with Crippen LogP contribution in [0.3, 0.4) is 0 Å². The molecule has 9 aromatic carbocycles. The summed E-state index contributed by atoms with van der Waals surface area (Å²) >= 11 is 0. The van der Waals surface area contributed by atoms with Crippen molar-refractivity contribution >= 4 is 65.4 Å². The van der Waals surface area contributed by atoms with E-state index in [1.807, 2.05) is 0 Å². The third-order valence-corrected chi connectivity index (χ3v) is 11.8. The topological polar surface area (TPSA) is 14.8 Å². The molecule has 12 rings (SSSR count). The van der Waals surface area contributed by atoms with Crippen molar-refractivity contribution in [1.29, 1.82) is 0 Å². The van der Waals surface area contributed by atoms with Gasteiger partial charge in [-0.05, 0) is 89.0 Å². The summed E-state index contributed by atoms with van der Waals surface area (Å²) < 4.78 is 7.33. The Morgan fingerprint density at radius 1 is 0.228 bits per heavy atom. The molecule has 0 aliphatic heterocycles. The van der Waals surface area contributed by atoms with Crippen LogP contribution in [0.4, 0.5) is 0 Å². The Hall–Kier alpha value is -7.62. The number of benzene rings is 9. The number of nitrogens with zero attached hydrogens (tertiary/aromatic N) is 3. The van der Waals surface area contributed by atoms with Crippen molar-refractivity contribution in [2.75, 3.05) is 0 Å². The highest BCUT2D eigenvalue weighted by Crippen LogP contribution is 2.43. The molecule has 3 heterocycles. The fourth-order valence-electron chi connectivity index (χ4n) is 9.34. The Balaban J connectivity index is 1.10. The minimum absolute atomic E-state index is 1.14. The van der Waals surface area contributed by atoms with Crippen molar-refractivity contribution in [2.45, 2.75) is 0 Å². The van der Waals surface area contributed by atoms with Gasteiger partial charge in [0.1, 0.15) is 0 Å². The first-order valence-corrected chi connectivity index (χ1v) is 19.6. The fourth-order valence-corrected chi connectivity index (χ4v) is 9.34. The first-order valence-electron chi connectivity index (χ1n) is 19.6. The number of aromatic nitrogens is 3. The van der Waals surface area contributed by atoms with Crippen LogP contribution in [0, 0.1) is 0 Å². The van der Waals surface area contributed by atoms with E-state index in [1.54, 1.807) is 0 Å². The van der Waals surface area contributed by atoms with E-state index in [1.165, 1.54) is 87.7 Å². The lowest BCUT2D eigenvalue weighted by molar-refractivity contribution is 1.17. The molecular formula is C54H35N3. The van der Waals surface area contributed by atoms with E-state index in [-0.39, 0.29) is 0 Å². The highest BCUT2D eigenvalue weighted by atomic mass is 15.0. The van der Waals surface area contributed by atoms with Crippen molar-refractivity contribution in [3.63, 3.8) is 0 Å². The number of rotatable bonds is 5. The van der Waals surface area contributed by atoms with Crippen LogP contribution in [0.2, 0.25) is 0 Å². The molecule has 3 heteroatoms. The number of para-hydroxylation sites is 4. The van der Waals surface area contributed by atoms with E-state index in [4.69, 9.17) is 0 Å². The van der Waals surface area contributed by atoms with Gasteiger partial charge in [0.25, 0.3) is 0 Å². The van der Waals surface area contributed by atoms with Crippen molar-refractivity contribution in [3.05, 3.63) is 212 Å². The SMILES string of the molecule is c1ccc(-c2cccc(-n3c4ccccc4c4c3ccc3c5ccccc5n(-c5cccc(-c6ccc7c8ccccc8n(-c8ccccc8)c7c6)c5)c34)c2)cc1. The van der Waals surface area contributed by atoms with Crippen LogP contribution >= 0.6 is 0 Å². The molecule has 0 amide bonds. The summed E-state index contributed by atoms with van der Waals surface area (Å²) in [5, 5.41) is 7.50. The van der Waals surface area contributed by atoms with Gasteiger partial charge >= 0.3 is 0 Å². The van der Waals surface area contributed by atoms with Crippen LogP contribution in [-0.2, 0) is 0 Å². The summed E-state index contributed by atoms with van der Waals surface area (Å²) in [6.07, 6.45) is 0. The number of hydrogen-bond donors (Lipinski definition) is 0. The lowest BCUT2D eigenvalue weighted by atomic mass is 10.0. The smallest absolute Gasteiger partial charge is 0.0641 e. The minimum atomic E-state index is 1.14. The summed E-state index contributed by atoms with van der Waals surface area (Å²) in [6, 6.07) is 77.4. The second-order valence-electron chi connectivity index (χ2n) is 14.9. The molecule has 0 aliphatic rings. The predicted octanol–water partition coefficient (Wildman–Crippen LogP) is 14.3. The molecule has 0 spiro atoms. The average molecular weight is 726 g/mol. The molecule has 0 aliphatic carbocycles. The van der Waals surface area contributed by atoms with Gasteiger partial charge < -0.3 is 13.7 Å². The van der Waals surface area contributed by atoms with Crippen molar-refractivity contribution in [1.82, 2.24) is 13.7 Å². The molecule has 0 fully saturated rings.